The number of ether oxygens (including phenoxy) is 1. The van der Waals surface area contributed by atoms with E-state index in [-0.39, 0.29) is 5.60 Å². The molecule has 1 saturated carbocycles. The molecule has 0 amide bonds. The smallest absolute Gasteiger partial charge is 0.0685 e. The fraction of sp³-hybridized carbons (Fsp3) is 1.00. The van der Waals surface area contributed by atoms with Gasteiger partial charge in [-0.15, -0.1) is 0 Å². The molecule has 1 aliphatic heterocycles. The van der Waals surface area contributed by atoms with Crippen LogP contribution >= 0.6 is 0 Å². The summed E-state index contributed by atoms with van der Waals surface area (Å²) < 4.78 is 6.15. The molecule has 0 aromatic carbocycles. The van der Waals surface area contributed by atoms with Crippen LogP contribution in [-0.4, -0.2) is 50.3 Å². The molecule has 2 fully saturated rings. The minimum absolute atomic E-state index is 0.253. The summed E-state index contributed by atoms with van der Waals surface area (Å²) in [5.74, 6) is 0.791. The van der Waals surface area contributed by atoms with Gasteiger partial charge in [0, 0.05) is 19.2 Å². The van der Waals surface area contributed by atoms with Gasteiger partial charge in [-0.25, -0.2) is 0 Å². The lowest BCUT2D eigenvalue weighted by Gasteiger charge is -2.42. The van der Waals surface area contributed by atoms with Gasteiger partial charge in [-0.2, -0.15) is 0 Å². The van der Waals surface area contributed by atoms with Gasteiger partial charge in [0.25, 0.3) is 0 Å². The first-order valence-electron chi connectivity index (χ1n) is 7.67. The molecule has 1 N–H and O–H groups in total. The van der Waals surface area contributed by atoms with E-state index in [1.54, 1.807) is 0 Å². The van der Waals surface area contributed by atoms with Crippen molar-refractivity contribution in [1.29, 1.82) is 0 Å². The Morgan fingerprint density at radius 1 is 1.33 bits per heavy atom. The number of nitrogens with one attached hydrogen (secondary N) is 1. The second kappa shape index (κ2) is 6.36. The zero-order valence-corrected chi connectivity index (χ0v) is 12.4. The second-order valence-electron chi connectivity index (χ2n) is 6.42. The molecule has 2 atom stereocenters. The molecule has 0 bridgehead atoms. The Balaban J connectivity index is 1.96. The van der Waals surface area contributed by atoms with Crippen LogP contribution in [0.2, 0.25) is 0 Å². The summed E-state index contributed by atoms with van der Waals surface area (Å²) in [4.78, 5) is 2.31. The predicted octanol–water partition coefficient (Wildman–Crippen LogP) is 2.27. The fourth-order valence-electron chi connectivity index (χ4n) is 3.81. The highest BCUT2D eigenvalue weighted by atomic mass is 16.5. The Kier molecular flexibility index (Phi) is 5.05. The highest BCUT2D eigenvalue weighted by Gasteiger charge is 2.41. The van der Waals surface area contributed by atoms with Crippen LogP contribution in [0.3, 0.4) is 0 Å². The third-order valence-electron chi connectivity index (χ3n) is 4.64. The van der Waals surface area contributed by atoms with E-state index in [2.05, 4.69) is 31.2 Å². The summed E-state index contributed by atoms with van der Waals surface area (Å²) in [7, 11) is 4.35. The lowest BCUT2D eigenvalue weighted by atomic mass is 9.80. The zero-order valence-electron chi connectivity index (χ0n) is 12.4. The highest BCUT2D eigenvalue weighted by Crippen LogP contribution is 2.42. The summed E-state index contributed by atoms with van der Waals surface area (Å²) in [6.45, 7) is 5.41. The van der Waals surface area contributed by atoms with Gasteiger partial charge in [-0.3, -0.25) is 0 Å². The van der Waals surface area contributed by atoms with Gasteiger partial charge in [-0.05, 0) is 52.2 Å². The number of likely N-dealkylation sites (N-methyl/N-ethyl adjacent to an activating group) is 2. The average molecular weight is 254 g/mol. The summed E-state index contributed by atoms with van der Waals surface area (Å²) in [5, 5.41) is 3.69. The van der Waals surface area contributed by atoms with Crippen molar-refractivity contribution >= 4 is 0 Å². The number of hydrogen-bond acceptors (Lipinski definition) is 3. The van der Waals surface area contributed by atoms with Crippen LogP contribution in [0, 0.1) is 5.92 Å². The average Bonchev–Trinajstić information content (AvgIpc) is 2.76. The molecular formula is C15H30N2O. The van der Waals surface area contributed by atoms with Crippen molar-refractivity contribution in [3.05, 3.63) is 0 Å². The maximum Gasteiger partial charge on any atom is 0.0685 e. The van der Waals surface area contributed by atoms with Gasteiger partial charge in [0.1, 0.15) is 0 Å². The van der Waals surface area contributed by atoms with E-state index in [1.807, 2.05) is 0 Å². The van der Waals surface area contributed by atoms with Gasteiger partial charge in [-0.1, -0.05) is 19.8 Å². The third-order valence-corrected chi connectivity index (χ3v) is 4.64. The summed E-state index contributed by atoms with van der Waals surface area (Å²) in [5.41, 5.74) is 0.253. The fourth-order valence-corrected chi connectivity index (χ4v) is 3.81. The molecule has 2 rings (SSSR count). The molecule has 1 saturated heterocycles. The summed E-state index contributed by atoms with van der Waals surface area (Å²) >= 11 is 0. The molecule has 18 heavy (non-hydrogen) atoms. The minimum atomic E-state index is 0.253. The largest absolute Gasteiger partial charge is 0.375 e. The second-order valence-corrected chi connectivity index (χ2v) is 6.42. The molecule has 1 aliphatic carbocycles. The molecule has 2 unspecified atom stereocenters. The van der Waals surface area contributed by atoms with E-state index in [1.165, 1.54) is 38.5 Å². The molecule has 0 radical (unpaired) electrons. The van der Waals surface area contributed by atoms with E-state index >= 15 is 0 Å². The number of nitrogens with zero attached hydrogens (tertiary/aromatic N) is 1. The molecule has 1 heterocycles. The van der Waals surface area contributed by atoms with Crippen molar-refractivity contribution < 1.29 is 4.74 Å². The van der Waals surface area contributed by atoms with Crippen molar-refractivity contribution in [2.24, 2.45) is 5.92 Å². The normalized spacial score (nSPS) is 29.0. The van der Waals surface area contributed by atoms with Crippen molar-refractivity contribution in [1.82, 2.24) is 10.2 Å². The Morgan fingerprint density at radius 2 is 2.06 bits per heavy atom. The first kappa shape index (κ1) is 14.3. The van der Waals surface area contributed by atoms with Crippen LogP contribution in [0.25, 0.3) is 0 Å². The first-order valence-corrected chi connectivity index (χ1v) is 7.67. The van der Waals surface area contributed by atoms with E-state index in [0.717, 1.165) is 25.6 Å². The van der Waals surface area contributed by atoms with E-state index in [0.29, 0.717) is 6.04 Å². The van der Waals surface area contributed by atoms with Crippen molar-refractivity contribution in [3.63, 3.8) is 0 Å². The molecular weight excluding hydrogens is 224 g/mol. The van der Waals surface area contributed by atoms with Crippen LogP contribution in [0.4, 0.5) is 0 Å². The molecule has 0 aromatic heterocycles. The molecule has 3 heteroatoms. The van der Waals surface area contributed by atoms with Crippen molar-refractivity contribution in [3.8, 4) is 0 Å². The first-order chi connectivity index (χ1) is 8.65. The van der Waals surface area contributed by atoms with Crippen molar-refractivity contribution in [2.45, 2.75) is 57.1 Å². The highest BCUT2D eigenvalue weighted by molar-refractivity contribution is 4.94. The van der Waals surface area contributed by atoms with E-state index in [4.69, 9.17) is 4.74 Å². The van der Waals surface area contributed by atoms with Crippen LogP contribution in [-0.2, 0) is 4.74 Å². The lowest BCUT2D eigenvalue weighted by Crippen LogP contribution is -2.49. The lowest BCUT2D eigenvalue weighted by molar-refractivity contribution is -0.0986. The molecule has 106 valence electrons. The van der Waals surface area contributed by atoms with Gasteiger partial charge in [0.05, 0.1) is 5.60 Å². The summed E-state index contributed by atoms with van der Waals surface area (Å²) in [6.07, 6.45) is 7.83. The van der Waals surface area contributed by atoms with Crippen LogP contribution in [0.5, 0.6) is 0 Å². The predicted molar refractivity (Wildman–Crippen MR) is 75.9 cm³/mol. The van der Waals surface area contributed by atoms with Gasteiger partial charge < -0.3 is 15.0 Å². The van der Waals surface area contributed by atoms with Gasteiger partial charge in [0.15, 0.2) is 0 Å². The monoisotopic (exact) mass is 254 g/mol. The van der Waals surface area contributed by atoms with Crippen LogP contribution in [0.15, 0.2) is 0 Å². The summed E-state index contributed by atoms with van der Waals surface area (Å²) in [6, 6.07) is 0.631. The minimum Gasteiger partial charge on any atom is -0.375 e. The topological polar surface area (TPSA) is 24.5 Å². The zero-order chi connectivity index (χ0) is 13.0. The SMILES string of the molecule is CCNC(CN(C)C)C1CCOC2(CCCC2)C1. The Morgan fingerprint density at radius 3 is 2.67 bits per heavy atom. The Hall–Kier alpha value is -0.120. The van der Waals surface area contributed by atoms with Gasteiger partial charge in [0.2, 0.25) is 0 Å². The molecule has 2 aliphatic rings. The Bertz CT molecular complexity index is 249. The molecule has 0 aromatic rings. The van der Waals surface area contributed by atoms with Crippen LogP contribution in [0.1, 0.15) is 45.4 Å². The van der Waals surface area contributed by atoms with E-state index in [9.17, 15) is 0 Å². The molecule has 3 nitrogen and oxygen atoms in total. The van der Waals surface area contributed by atoms with E-state index < -0.39 is 0 Å². The standard InChI is InChI=1S/C15H30N2O/c1-4-16-14(12-17(2)3)13-7-10-18-15(11-13)8-5-6-9-15/h13-14,16H,4-12H2,1-3H3. The quantitative estimate of drug-likeness (QED) is 0.814. The molecule has 1 spiro atoms. The maximum atomic E-state index is 6.15. The van der Waals surface area contributed by atoms with Crippen LogP contribution < -0.4 is 5.32 Å². The number of hydrogen-bond donors (Lipinski definition) is 1. The number of rotatable bonds is 5. The van der Waals surface area contributed by atoms with Crippen molar-refractivity contribution in [2.75, 3.05) is 33.8 Å². The maximum absolute atomic E-state index is 6.15. The Labute approximate surface area is 112 Å². The van der Waals surface area contributed by atoms with Gasteiger partial charge >= 0.3 is 0 Å². The third kappa shape index (κ3) is 3.46.